The molecule has 0 saturated carbocycles. The SMILES string of the molecule is CCOC(=O)c1ccc(NC(=O)CSCc2c(F)cccc2Cl)cc1. The first-order chi connectivity index (χ1) is 12.0. The van der Waals surface area contributed by atoms with Gasteiger partial charge in [-0.25, -0.2) is 9.18 Å². The summed E-state index contributed by atoms with van der Waals surface area (Å²) in [4.78, 5) is 23.5. The van der Waals surface area contributed by atoms with Crippen LogP contribution in [0.1, 0.15) is 22.8 Å². The molecule has 4 nitrogen and oxygen atoms in total. The number of benzene rings is 2. The van der Waals surface area contributed by atoms with Crippen molar-refractivity contribution < 1.29 is 18.7 Å². The van der Waals surface area contributed by atoms with Crippen molar-refractivity contribution in [3.8, 4) is 0 Å². The van der Waals surface area contributed by atoms with Gasteiger partial charge in [0.1, 0.15) is 5.82 Å². The number of carbonyl (C=O) groups excluding carboxylic acids is 2. The highest BCUT2D eigenvalue weighted by Gasteiger charge is 2.10. The maximum atomic E-state index is 13.6. The first-order valence-corrected chi connectivity index (χ1v) is 9.12. The van der Waals surface area contributed by atoms with Crippen LogP contribution < -0.4 is 5.32 Å². The van der Waals surface area contributed by atoms with Crippen molar-refractivity contribution in [2.24, 2.45) is 0 Å². The van der Waals surface area contributed by atoms with Gasteiger partial charge in [-0.05, 0) is 43.3 Å². The quantitative estimate of drug-likeness (QED) is 0.716. The average molecular weight is 382 g/mol. The Hall–Kier alpha value is -2.05. The number of esters is 1. The fraction of sp³-hybridized carbons (Fsp3) is 0.222. The lowest BCUT2D eigenvalue weighted by molar-refractivity contribution is -0.113. The maximum Gasteiger partial charge on any atom is 0.338 e. The first-order valence-electron chi connectivity index (χ1n) is 7.59. The Balaban J connectivity index is 1.83. The highest BCUT2D eigenvalue weighted by Crippen LogP contribution is 2.24. The largest absolute Gasteiger partial charge is 0.462 e. The van der Waals surface area contributed by atoms with Gasteiger partial charge in [0, 0.05) is 22.0 Å². The molecule has 132 valence electrons. The highest BCUT2D eigenvalue weighted by atomic mass is 35.5. The molecule has 2 aromatic rings. The van der Waals surface area contributed by atoms with E-state index in [0.717, 1.165) is 0 Å². The molecule has 0 atom stereocenters. The fourth-order valence-electron chi connectivity index (χ4n) is 2.02. The van der Waals surface area contributed by atoms with Crippen LogP contribution in [-0.2, 0) is 15.3 Å². The Morgan fingerprint density at radius 3 is 2.56 bits per heavy atom. The van der Waals surface area contributed by atoms with Crippen LogP contribution >= 0.6 is 23.4 Å². The van der Waals surface area contributed by atoms with Crippen LogP contribution in [-0.4, -0.2) is 24.2 Å². The summed E-state index contributed by atoms with van der Waals surface area (Å²) in [5.74, 6) is -0.542. The molecule has 0 aromatic heterocycles. The van der Waals surface area contributed by atoms with Crippen molar-refractivity contribution in [3.05, 3.63) is 64.4 Å². The summed E-state index contributed by atoms with van der Waals surface area (Å²) >= 11 is 7.21. The van der Waals surface area contributed by atoms with E-state index in [-0.39, 0.29) is 17.5 Å². The number of anilines is 1. The average Bonchev–Trinajstić information content (AvgIpc) is 2.58. The van der Waals surface area contributed by atoms with Gasteiger partial charge >= 0.3 is 5.97 Å². The smallest absolute Gasteiger partial charge is 0.338 e. The molecule has 1 amide bonds. The van der Waals surface area contributed by atoms with Crippen LogP contribution in [0.3, 0.4) is 0 Å². The van der Waals surface area contributed by atoms with Crippen LogP contribution in [0.4, 0.5) is 10.1 Å². The number of nitrogens with one attached hydrogen (secondary N) is 1. The summed E-state index contributed by atoms with van der Waals surface area (Å²) in [6, 6.07) is 10.9. The third kappa shape index (κ3) is 5.76. The Morgan fingerprint density at radius 2 is 1.92 bits per heavy atom. The summed E-state index contributed by atoms with van der Waals surface area (Å²) in [7, 11) is 0. The molecule has 0 radical (unpaired) electrons. The van der Waals surface area contributed by atoms with E-state index in [1.807, 2.05) is 0 Å². The molecule has 0 heterocycles. The van der Waals surface area contributed by atoms with Crippen LogP contribution in [0.25, 0.3) is 0 Å². The third-order valence-electron chi connectivity index (χ3n) is 3.22. The van der Waals surface area contributed by atoms with Gasteiger partial charge in [0.2, 0.25) is 5.91 Å². The van der Waals surface area contributed by atoms with E-state index in [1.54, 1.807) is 43.3 Å². The molecule has 0 aliphatic carbocycles. The third-order valence-corrected chi connectivity index (χ3v) is 4.53. The van der Waals surface area contributed by atoms with Gasteiger partial charge in [0.05, 0.1) is 17.9 Å². The molecule has 0 aliphatic rings. The van der Waals surface area contributed by atoms with Gasteiger partial charge < -0.3 is 10.1 Å². The molecule has 2 rings (SSSR count). The first kappa shape index (κ1) is 19.3. The molecule has 0 aliphatic heterocycles. The van der Waals surface area contributed by atoms with Crippen molar-refractivity contribution in [2.75, 3.05) is 17.7 Å². The van der Waals surface area contributed by atoms with Crippen LogP contribution in [0.5, 0.6) is 0 Å². The molecule has 0 spiro atoms. The van der Waals surface area contributed by atoms with Gasteiger partial charge in [0.25, 0.3) is 0 Å². The molecule has 2 aromatic carbocycles. The minimum Gasteiger partial charge on any atom is -0.462 e. The fourth-order valence-corrected chi connectivity index (χ4v) is 3.18. The van der Waals surface area contributed by atoms with Crippen LogP contribution in [0, 0.1) is 5.82 Å². The molecule has 0 saturated heterocycles. The van der Waals surface area contributed by atoms with E-state index >= 15 is 0 Å². The second-order valence-electron chi connectivity index (χ2n) is 5.04. The number of hydrogen-bond donors (Lipinski definition) is 1. The van der Waals surface area contributed by atoms with E-state index in [0.29, 0.717) is 34.2 Å². The van der Waals surface area contributed by atoms with Gasteiger partial charge in [-0.15, -0.1) is 11.8 Å². The number of thioether (sulfide) groups is 1. The Bertz CT molecular complexity index is 732. The lowest BCUT2D eigenvalue weighted by Gasteiger charge is -2.08. The Morgan fingerprint density at radius 1 is 1.20 bits per heavy atom. The number of amides is 1. The van der Waals surface area contributed by atoms with E-state index in [1.165, 1.54) is 17.8 Å². The van der Waals surface area contributed by atoms with Crippen molar-refractivity contribution >= 4 is 40.9 Å². The van der Waals surface area contributed by atoms with Gasteiger partial charge in [-0.3, -0.25) is 4.79 Å². The van der Waals surface area contributed by atoms with E-state index in [9.17, 15) is 14.0 Å². The lowest BCUT2D eigenvalue weighted by Crippen LogP contribution is -2.14. The number of ether oxygens (including phenoxy) is 1. The Kier molecular flexibility index (Phi) is 7.28. The molecule has 0 bridgehead atoms. The highest BCUT2D eigenvalue weighted by molar-refractivity contribution is 7.99. The minimum atomic E-state index is -0.405. The predicted molar refractivity (Wildman–Crippen MR) is 98.6 cm³/mol. The predicted octanol–water partition coefficient (Wildman–Crippen LogP) is 4.53. The monoisotopic (exact) mass is 381 g/mol. The summed E-state index contributed by atoms with van der Waals surface area (Å²) in [6.07, 6.45) is 0. The second-order valence-corrected chi connectivity index (χ2v) is 6.43. The zero-order valence-electron chi connectivity index (χ0n) is 13.6. The molecular weight excluding hydrogens is 365 g/mol. The van der Waals surface area contributed by atoms with Gasteiger partial charge in [0.15, 0.2) is 0 Å². The summed E-state index contributed by atoms with van der Waals surface area (Å²) in [6.45, 7) is 2.04. The molecule has 7 heteroatoms. The van der Waals surface area contributed by atoms with Crippen molar-refractivity contribution in [3.63, 3.8) is 0 Å². The van der Waals surface area contributed by atoms with Crippen molar-refractivity contribution in [1.82, 2.24) is 0 Å². The summed E-state index contributed by atoms with van der Waals surface area (Å²) in [5.41, 5.74) is 1.38. The summed E-state index contributed by atoms with van der Waals surface area (Å²) in [5, 5.41) is 3.07. The molecule has 0 unspecified atom stereocenters. The van der Waals surface area contributed by atoms with Crippen LogP contribution in [0.15, 0.2) is 42.5 Å². The maximum absolute atomic E-state index is 13.6. The molecule has 1 N–H and O–H groups in total. The van der Waals surface area contributed by atoms with E-state index in [2.05, 4.69) is 5.32 Å². The number of halogens is 2. The zero-order valence-corrected chi connectivity index (χ0v) is 15.1. The number of hydrogen-bond acceptors (Lipinski definition) is 4. The van der Waals surface area contributed by atoms with Crippen LogP contribution in [0.2, 0.25) is 5.02 Å². The molecule has 25 heavy (non-hydrogen) atoms. The van der Waals surface area contributed by atoms with Gasteiger partial charge in [-0.2, -0.15) is 0 Å². The molecular formula is C18H17ClFNO3S. The topological polar surface area (TPSA) is 55.4 Å². The number of carbonyl (C=O) groups is 2. The zero-order chi connectivity index (χ0) is 18.2. The van der Waals surface area contributed by atoms with E-state index in [4.69, 9.17) is 16.3 Å². The van der Waals surface area contributed by atoms with Crippen molar-refractivity contribution in [2.45, 2.75) is 12.7 Å². The normalized spacial score (nSPS) is 10.4. The standard InChI is InChI=1S/C18H17ClFNO3S/c1-2-24-18(23)12-6-8-13(9-7-12)21-17(22)11-25-10-14-15(19)4-3-5-16(14)20/h3-9H,2,10-11H2,1H3,(H,21,22). The Labute approximate surface area is 154 Å². The van der Waals surface area contributed by atoms with Crippen molar-refractivity contribution in [1.29, 1.82) is 0 Å². The summed E-state index contributed by atoms with van der Waals surface area (Å²) < 4.78 is 18.5. The second kappa shape index (κ2) is 9.44. The van der Waals surface area contributed by atoms with E-state index < -0.39 is 5.97 Å². The lowest BCUT2D eigenvalue weighted by atomic mass is 10.2. The van der Waals surface area contributed by atoms with Gasteiger partial charge in [-0.1, -0.05) is 17.7 Å². The number of rotatable bonds is 7. The minimum absolute atomic E-state index is 0.157. The molecule has 0 fully saturated rings.